The quantitative estimate of drug-likeness (QED) is 0.838. The summed E-state index contributed by atoms with van der Waals surface area (Å²) in [5, 5.41) is 10.0. The van der Waals surface area contributed by atoms with Crippen molar-refractivity contribution < 1.29 is 5.11 Å². The zero-order valence-electron chi connectivity index (χ0n) is 10.4. The minimum absolute atomic E-state index is 0.334. The molecular formula is C15H17NOS. The van der Waals surface area contributed by atoms with Gasteiger partial charge in [-0.15, -0.1) is 11.8 Å². The second kappa shape index (κ2) is 6.57. The maximum absolute atomic E-state index is 10.0. The molecule has 1 atom stereocenters. The standard InChI is InChI=1S/C15H17NOS/c1-12-5-2-3-7-15(12)18-11-14(17)9-13-6-4-8-16-10-13/h2-8,10,14,17H,9,11H2,1H3. The van der Waals surface area contributed by atoms with Gasteiger partial charge < -0.3 is 5.11 Å². The second-order valence-electron chi connectivity index (χ2n) is 4.30. The highest BCUT2D eigenvalue weighted by Crippen LogP contribution is 2.23. The van der Waals surface area contributed by atoms with E-state index in [2.05, 4.69) is 24.0 Å². The molecule has 0 amide bonds. The number of nitrogens with zero attached hydrogens (tertiary/aromatic N) is 1. The second-order valence-corrected chi connectivity index (χ2v) is 5.36. The summed E-state index contributed by atoms with van der Waals surface area (Å²) in [6.45, 7) is 2.09. The molecule has 0 saturated heterocycles. The number of aliphatic hydroxyl groups excluding tert-OH is 1. The zero-order chi connectivity index (χ0) is 12.8. The van der Waals surface area contributed by atoms with Crippen LogP contribution in [0.15, 0.2) is 53.7 Å². The third kappa shape index (κ3) is 3.86. The van der Waals surface area contributed by atoms with Crippen LogP contribution in [0.2, 0.25) is 0 Å². The van der Waals surface area contributed by atoms with E-state index in [9.17, 15) is 5.11 Å². The summed E-state index contributed by atoms with van der Waals surface area (Å²) in [5.74, 6) is 0.708. The summed E-state index contributed by atoms with van der Waals surface area (Å²) in [5.41, 5.74) is 2.34. The Kier molecular flexibility index (Phi) is 4.79. The van der Waals surface area contributed by atoms with Crippen LogP contribution in [-0.4, -0.2) is 21.9 Å². The SMILES string of the molecule is Cc1ccccc1SCC(O)Cc1cccnc1. The average Bonchev–Trinajstić information content (AvgIpc) is 2.39. The lowest BCUT2D eigenvalue weighted by Gasteiger charge is -2.11. The fraction of sp³-hybridized carbons (Fsp3) is 0.267. The van der Waals surface area contributed by atoms with Crippen LogP contribution in [0.4, 0.5) is 0 Å². The first-order chi connectivity index (χ1) is 8.75. The summed E-state index contributed by atoms with van der Waals surface area (Å²) in [6.07, 6.45) is 3.88. The maximum atomic E-state index is 10.0. The molecule has 3 heteroatoms. The third-order valence-electron chi connectivity index (χ3n) is 2.72. The molecule has 1 unspecified atom stereocenters. The molecule has 0 fully saturated rings. The van der Waals surface area contributed by atoms with Crippen molar-refractivity contribution >= 4 is 11.8 Å². The maximum Gasteiger partial charge on any atom is 0.0674 e. The smallest absolute Gasteiger partial charge is 0.0674 e. The summed E-state index contributed by atoms with van der Waals surface area (Å²) in [4.78, 5) is 5.29. The van der Waals surface area contributed by atoms with E-state index >= 15 is 0 Å². The molecule has 0 spiro atoms. The number of hydrogen-bond acceptors (Lipinski definition) is 3. The Balaban J connectivity index is 1.86. The van der Waals surface area contributed by atoms with Crippen molar-refractivity contribution in [2.45, 2.75) is 24.3 Å². The highest BCUT2D eigenvalue weighted by atomic mass is 32.2. The van der Waals surface area contributed by atoms with E-state index in [4.69, 9.17) is 0 Å². The largest absolute Gasteiger partial charge is 0.392 e. The minimum Gasteiger partial charge on any atom is -0.392 e. The van der Waals surface area contributed by atoms with E-state index in [1.165, 1.54) is 10.5 Å². The van der Waals surface area contributed by atoms with Gasteiger partial charge in [-0.05, 0) is 30.2 Å². The van der Waals surface area contributed by atoms with Crippen LogP contribution in [0, 0.1) is 6.92 Å². The van der Waals surface area contributed by atoms with Crippen molar-refractivity contribution in [3.05, 3.63) is 59.9 Å². The van der Waals surface area contributed by atoms with Gasteiger partial charge in [0.2, 0.25) is 0 Å². The van der Waals surface area contributed by atoms with Crippen LogP contribution in [0.5, 0.6) is 0 Å². The van der Waals surface area contributed by atoms with Crippen molar-refractivity contribution in [2.75, 3.05) is 5.75 Å². The Morgan fingerprint density at radius 3 is 2.78 bits per heavy atom. The summed E-state index contributed by atoms with van der Waals surface area (Å²) in [7, 11) is 0. The lowest BCUT2D eigenvalue weighted by atomic mass is 10.1. The van der Waals surface area contributed by atoms with Crippen LogP contribution in [0.3, 0.4) is 0 Å². The highest BCUT2D eigenvalue weighted by molar-refractivity contribution is 7.99. The Morgan fingerprint density at radius 1 is 1.22 bits per heavy atom. The molecule has 1 aromatic heterocycles. The molecule has 0 aliphatic heterocycles. The number of rotatable bonds is 5. The molecule has 0 saturated carbocycles. The lowest BCUT2D eigenvalue weighted by Crippen LogP contribution is -2.13. The van der Waals surface area contributed by atoms with Gasteiger partial charge in [0.25, 0.3) is 0 Å². The number of thioether (sulfide) groups is 1. The predicted molar refractivity (Wildman–Crippen MR) is 75.9 cm³/mol. The molecule has 0 radical (unpaired) electrons. The topological polar surface area (TPSA) is 33.1 Å². The molecule has 2 nitrogen and oxygen atoms in total. The van der Waals surface area contributed by atoms with Gasteiger partial charge in [0.1, 0.15) is 0 Å². The van der Waals surface area contributed by atoms with E-state index in [1.54, 1.807) is 18.0 Å². The van der Waals surface area contributed by atoms with Crippen LogP contribution >= 0.6 is 11.8 Å². The molecule has 0 aliphatic rings. The van der Waals surface area contributed by atoms with Crippen molar-refractivity contribution in [3.63, 3.8) is 0 Å². The monoisotopic (exact) mass is 259 g/mol. The summed E-state index contributed by atoms with van der Waals surface area (Å²) in [6, 6.07) is 12.1. The van der Waals surface area contributed by atoms with E-state index < -0.39 is 0 Å². The normalized spacial score (nSPS) is 12.3. The molecule has 1 heterocycles. The first-order valence-corrected chi connectivity index (χ1v) is 6.99. The van der Waals surface area contributed by atoms with E-state index in [1.807, 2.05) is 30.5 Å². The molecule has 0 aliphatic carbocycles. The molecule has 94 valence electrons. The summed E-state index contributed by atoms with van der Waals surface area (Å²) < 4.78 is 0. The number of aromatic nitrogens is 1. The lowest BCUT2D eigenvalue weighted by molar-refractivity contribution is 0.200. The first kappa shape index (κ1) is 13.1. The number of hydrogen-bond donors (Lipinski definition) is 1. The Morgan fingerprint density at radius 2 is 2.06 bits per heavy atom. The fourth-order valence-electron chi connectivity index (χ4n) is 1.75. The van der Waals surface area contributed by atoms with Gasteiger partial charge in [0, 0.05) is 29.5 Å². The van der Waals surface area contributed by atoms with Gasteiger partial charge in [-0.1, -0.05) is 24.3 Å². The van der Waals surface area contributed by atoms with Crippen LogP contribution < -0.4 is 0 Å². The number of aliphatic hydroxyl groups is 1. The van der Waals surface area contributed by atoms with Crippen LogP contribution in [0.1, 0.15) is 11.1 Å². The zero-order valence-corrected chi connectivity index (χ0v) is 11.2. The third-order valence-corrected chi connectivity index (χ3v) is 4.04. The Labute approximate surface area is 112 Å². The molecule has 18 heavy (non-hydrogen) atoms. The van der Waals surface area contributed by atoms with Crippen LogP contribution in [-0.2, 0) is 6.42 Å². The van der Waals surface area contributed by atoms with Crippen molar-refractivity contribution in [3.8, 4) is 0 Å². The van der Waals surface area contributed by atoms with Gasteiger partial charge in [-0.2, -0.15) is 0 Å². The number of benzene rings is 1. The molecular weight excluding hydrogens is 242 g/mol. The van der Waals surface area contributed by atoms with Crippen molar-refractivity contribution in [2.24, 2.45) is 0 Å². The number of aryl methyl sites for hydroxylation is 1. The van der Waals surface area contributed by atoms with Gasteiger partial charge in [0.15, 0.2) is 0 Å². The first-order valence-electron chi connectivity index (χ1n) is 6.01. The number of pyridine rings is 1. The molecule has 1 N–H and O–H groups in total. The Hall–Kier alpha value is -1.32. The van der Waals surface area contributed by atoms with E-state index in [0.717, 1.165) is 5.56 Å². The van der Waals surface area contributed by atoms with Crippen molar-refractivity contribution in [1.29, 1.82) is 0 Å². The van der Waals surface area contributed by atoms with Gasteiger partial charge in [-0.25, -0.2) is 0 Å². The molecule has 2 rings (SSSR count). The van der Waals surface area contributed by atoms with Gasteiger partial charge in [0.05, 0.1) is 6.10 Å². The van der Waals surface area contributed by atoms with Crippen LogP contribution in [0.25, 0.3) is 0 Å². The average molecular weight is 259 g/mol. The van der Waals surface area contributed by atoms with E-state index in [0.29, 0.717) is 12.2 Å². The van der Waals surface area contributed by atoms with Gasteiger partial charge in [-0.3, -0.25) is 4.98 Å². The van der Waals surface area contributed by atoms with E-state index in [-0.39, 0.29) is 6.10 Å². The molecule has 0 bridgehead atoms. The fourth-order valence-corrected chi connectivity index (χ4v) is 2.71. The van der Waals surface area contributed by atoms with Gasteiger partial charge >= 0.3 is 0 Å². The minimum atomic E-state index is -0.334. The highest BCUT2D eigenvalue weighted by Gasteiger charge is 2.07. The Bertz CT molecular complexity index is 487. The molecule has 2 aromatic rings. The molecule has 1 aromatic carbocycles. The van der Waals surface area contributed by atoms with Crippen molar-refractivity contribution in [1.82, 2.24) is 4.98 Å². The predicted octanol–water partition coefficient (Wildman–Crippen LogP) is 3.09. The summed E-state index contributed by atoms with van der Waals surface area (Å²) >= 11 is 1.70.